The van der Waals surface area contributed by atoms with Crippen LogP contribution in [0.1, 0.15) is 36.1 Å². The lowest BCUT2D eigenvalue weighted by Gasteiger charge is -2.37. The standard InChI is InChI=1S/C22H20F6N2O4S/c1-12(31)10-20(21(23,24)25,22(26,27)28)14-3-5-15(6-4-14)30-19(32)18-17-8-7-16(35(2,33)34)9-13(17)11-29-18/h3-9,18,29H,10-11H2,1-2H3,(H,30,32). The summed E-state index contributed by atoms with van der Waals surface area (Å²) in [6.45, 7) is 0.826. The predicted octanol–water partition coefficient (Wildman–Crippen LogP) is 4.21. The lowest BCUT2D eigenvalue weighted by atomic mass is 9.75. The maximum atomic E-state index is 13.7. The summed E-state index contributed by atoms with van der Waals surface area (Å²) in [5.41, 5.74) is -4.59. The van der Waals surface area contributed by atoms with E-state index in [1.54, 1.807) is 0 Å². The summed E-state index contributed by atoms with van der Waals surface area (Å²) in [5, 5.41) is 5.29. The molecule has 2 N–H and O–H groups in total. The molecule has 0 spiro atoms. The van der Waals surface area contributed by atoms with E-state index >= 15 is 0 Å². The summed E-state index contributed by atoms with van der Waals surface area (Å²) in [4.78, 5) is 24.1. The fourth-order valence-corrected chi connectivity index (χ4v) is 4.69. The monoisotopic (exact) mass is 522 g/mol. The zero-order valence-electron chi connectivity index (χ0n) is 18.3. The lowest BCUT2D eigenvalue weighted by Crippen LogP contribution is -2.55. The van der Waals surface area contributed by atoms with Gasteiger partial charge >= 0.3 is 12.4 Å². The molecule has 13 heteroatoms. The summed E-state index contributed by atoms with van der Waals surface area (Å²) in [7, 11) is -3.47. The van der Waals surface area contributed by atoms with Gasteiger partial charge in [-0.15, -0.1) is 0 Å². The second kappa shape index (κ2) is 8.94. The van der Waals surface area contributed by atoms with Crippen molar-refractivity contribution < 1.29 is 44.3 Å². The van der Waals surface area contributed by atoms with E-state index in [2.05, 4.69) is 10.6 Å². The predicted molar refractivity (Wildman–Crippen MR) is 113 cm³/mol. The molecule has 35 heavy (non-hydrogen) atoms. The van der Waals surface area contributed by atoms with Gasteiger partial charge in [0.05, 0.1) is 4.90 Å². The molecule has 1 unspecified atom stereocenters. The molecule has 1 amide bonds. The maximum absolute atomic E-state index is 13.7. The fraction of sp³-hybridized carbons (Fsp3) is 0.364. The third-order valence-electron chi connectivity index (χ3n) is 5.74. The van der Waals surface area contributed by atoms with Gasteiger partial charge in [0, 0.05) is 24.9 Å². The zero-order chi connectivity index (χ0) is 26.4. The largest absolute Gasteiger partial charge is 0.407 e. The molecule has 190 valence electrons. The molecule has 1 atom stereocenters. The Kier molecular flexibility index (Phi) is 6.81. The van der Waals surface area contributed by atoms with Crippen LogP contribution in [0.5, 0.6) is 0 Å². The number of carbonyl (C=O) groups is 2. The van der Waals surface area contributed by atoms with Gasteiger partial charge in [-0.2, -0.15) is 26.3 Å². The van der Waals surface area contributed by atoms with Crippen molar-refractivity contribution in [2.75, 3.05) is 11.6 Å². The quantitative estimate of drug-likeness (QED) is 0.555. The Labute approximate surface area is 196 Å². The topological polar surface area (TPSA) is 92.3 Å². The maximum Gasteiger partial charge on any atom is 0.407 e. The van der Waals surface area contributed by atoms with Crippen LogP contribution >= 0.6 is 0 Å². The first-order valence-electron chi connectivity index (χ1n) is 10.1. The van der Waals surface area contributed by atoms with Gasteiger partial charge in [0.25, 0.3) is 0 Å². The number of Topliss-reactive ketones (excluding diaryl/α,β-unsaturated/α-hetero) is 1. The van der Waals surface area contributed by atoms with Crippen LogP contribution in [0.25, 0.3) is 0 Å². The minimum Gasteiger partial charge on any atom is -0.324 e. The van der Waals surface area contributed by atoms with Crippen LogP contribution in [-0.4, -0.2) is 38.7 Å². The third-order valence-corrected chi connectivity index (χ3v) is 6.85. The SMILES string of the molecule is CC(=O)CC(c1ccc(NC(=O)C2NCc3cc(S(C)(=O)=O)ccc32)cc1)(C(F)(F)F)C(F)(F)F. The van der Waals surface area contributed by atoms with Gasteiger partial charge in [-0.3, -0.25) is 14.9 Å². The Morgan fingerprint density at radius 2 is 1.57 bits per heavy atom. The molecule has 1 aliphatic rings. The second-order valence-corrected chi connectivity index (χ2v) is 10.3. The molecular weight excluding hydrogens is 502 g/mol. The molecule has 0 saturated carbocycles. The Balaban J connectivity index is 1.87. The van der Waals surface area contributed by atoms with Gasteiger partial charge in [0.2, 0.25) is 5.91 Å². The van der Waals surface area contributed by atoms with Gasteiger partial charge in [0.15, 0.2) is 15.3 Å². The van der Waals surface area contributed by atoms with Crippen molar-refractivity contribution in [3.8, 4) is 0 Å². The number of rotatable bonds is 6. The molecule has 1 aliphatic heterocycles. The van der Waals surface area contributed by atoms with Gasteiger partial charge < -0.3 is 5.32 Å². The Bertz CT molecular complexity index is 1240. The highest BCUT2D eigenvalue weighted by atomic mass is 32.2. The number of fused-ring (bicyclic) bond motifs is 1. The summed E-state index contributed by atoms with van der Waals surface area (Å²) < 4.78 is 106. The van der Waals surface area contributed by atoms with Crippen molar-refractivity contribution in [3.63, 3.8) is 0 Å². The average Bonchev–Trinajstić information content (AvgIpc) is 3.13. The molecule has 0 bridgehead atoms. The van der Waals surface area contributed by atoms with Crippen molar-refractivity contribution in [1.82, 2.24) is 5.32 Å². The number of benzene rings is 2. The first kappa shape index (κ1) is 26.7. The highest BCUT2D eigenvalue weighted by Crippen LogP contribution is 2.54. The van der Waals surface area contributed by atoms with Crippen LogP contribution in [0, 0.1) is 0 Å². The number of amides is 1. The Morgan fingerprint density at radius 3 is 2.06 bits per heavy atom. The number of nitrogens with one attached hydrogen (secondary N) is 2. The number of hydrogen-bond donors (Lipinski definition) is 2. The normalized spacial score (nSPS) is 16.6. The van der Waals surface area contributed by atoms with Gasteiger partial charge in [-0.25, -0.2) is 8.42 Å². The number of ketones is 1. The molecular formula is C22H20F6N2O4S. The highest BCUT2D eigenvalue weighted by molar-refractivity contribution is 7.90. The summed E-state index contributed by atoms with van der Waals surface area (Å²) in [6.07, 6.45) is -12.4. The minimum absolute atomic E-state index is 0.0668. The van der Waals surface area contributed by atoms with Crippen molar-refractivity contribution in [2.24, 2.45) is 0 Å². The van der Waals surface area contributed by atoms with Crippen molar-refractivity contribution in [2.45, 2.75) is 48.6 Å². The summed E-state index contributed by atoms with van der Waals surface area (Å²) in [6, 6.07) is 6.23. The van der Waals surface area contributed by atoms with Crippen LogP contribution in [0.3, 0.4) is 0 Å². The summed E-state index contributed by atoms with van der Waals surface area (Å²) >= 11 is 0. The molecule has 2 aromatic carbocycles. The summed E-state index contributed by atoms with van der Waals surface area (Å²) in [5.74, 6) is -1.94. The number of sulfone groups is 1. The first-order chi connectivity index (χ1) is 16.0. The number of carbonyl (C=O) groups excluding carboxylic acids is 2. The average molecular weight is 522 g/mol. The number of halogens is 6. The van der Waals surface area contributed by atoms with E-state index in [4.69, 9.17) is 0 Å². The van der Waals surface area contributed by atoms with E-state index in [0.29, 0.717) is 30.2 Å². The first-order valence-corrected chi connectivity index (χ1v) is 12.0. The molecule has 0 aliphatic carbocycles. The van der Waals surface area contributed by atoms with Crippen LogP contribution in [0.2, 0.25) is 0 Å². The van der Waals surface area contributed by atoms with Gasteiger partial charge in [-0.05, 0) is 47.9 Å². The minimum atomic E-state index is -5.80. The number of hydrogen-bond acceptors (Lipinski definition) is 5. The van der Waals surface area contributed by atoms with E-state index in [0.717, 1.165) is 18.4 Å². The smallest absolute Gasteiger partial charge is 0.324 e. The Morgan fingerprint density at radius 1 is 1.00 bits per heavy atom. The molecule has 6 nitrogen and oxygen atoms in total. The molecule has 0 fully saturated rings. The number of anilines is 1. The van der Waals surface area contributed by atoms with E-state index in [-0.39, 0.29) is 17.1 Å². The second-order valence-electron chi connectivity index (χ2n) is 8.29. The molecule has 0 radical (unpaired) electrons. The van der Waals surface area contributed by atoms with Gasteiger partial charge in [-0.1, -0.05) is 18.2 Å². The van der Waals surface area contributed by atoms with E-state index in [9.17, 15) is 44.3 Å². The lowest BCUT2D eigenvalue weighted by molar-refractivity contribution is -0.303. The van der Waals surface area contributed by atoms with Crippen molar-refractivity contribution in [1.29, 1.82) is 0 Å². The van der Waals surface area contributed by atoms with Crippen molar-refractivity contribution in [3.05, 3.63) is 59.2 Å². The highest BCUT2D eigenvalue weighted by Gasteiger charge is 2.71. The van der Waals surface area contributed by atoms with E-state index < -0.39 is 57.3 Å². The molecule has 0 aromatic heterocycles. The molecule has 0 saturated heterocycles. The molecule has 2 aromatic rings. The van der Waals surface area contributed by atoms with Crippen LogP contribution in [0.4, 0.5) is 32.0 Å². The molecule has 3 rings (SSSR count). The van der Waals surface area contributed by atoms with Gasteiger partial charge in [0.1, 0.15) is 11.8 Å². The number of alkyl halides is 6. The van der Waals surface area contributed by atoms with Crippen LogP contribution < -0.4 is 10.6 Å². The molecule has 1 heterocycles. The Hall–Kier alpha value is -2.93. The third kappa shape index (κ3) is 5.06. The van der Waals surface area contributed by atoms with E-state index in [1.165, 1.54) is 18.2 Å². The van der Waals surface area contributed by atoms with Crippen molar-refractivity contribution >= 4 is 27.2 Å². The van der Waals surface area contributed by atoms with Crippen LogP contribution in [0.15, 0.2) is 47.4 Å². The zero-order valence-corrected chi connectivity index (χ0v) is 19.2. The van der Waals surface area contributed by atoms with Crippen LogP contribution in [-0.2, 0) is 31.4 Å². The fourth-order valence-electron chi connectivity index (χ4n) is 4.02. The van der Waals surface area contributed by atoms with E-state index in [1.807, 2.05) is 0 Å².